The Kier molecular flexibility index (Phi) is 4.22. The van der Waals surface area contributed by atoms with E-state index >= 15 is 0 Å². The molecule has 1 saturated heterocycles. The first-order valence-corrected chi connectivity index (χ1v) is 7.47. The molecule has 0 saturated carbocycles. The standard InChI is InChI=1S/C13H18N4OS/c1-2-13(19-7-1)3-4-16-5-6-18-12(8-16)9-17-11-14-10-15-17/h1-2,7,10-12H,3-6,8-9H2/t12-/m1/s1. The minimum atomic E-state index is 0.221. The van der Waals surface area contributed by atoms with Crippen molar-refractivity contribution in [3.05, 3.63) is 35.0 Å². The fraction of sp³-hybridized carbons (Fsp3) is 0.538. The normalized spacial score (nSPS) is 20.7. The molecule has 0 unspecified atom stereocenters. The molecule has 0 N–H and O–H groups in total. The summed E-state index contributed by atoms with van der Waals surface area (Å²) in [6, 6.07) is 4.32. The Morgan fingerprint density at radius 1 is 1.47 bits per heavy atom. The maximum atomic E-state index is 5.79. The Hall–Kier alpha value is -1.24. The van der Waals surface area contributed by atoms with Gasteiger partial charge in [0, 0.05) is 24.5 Å². The second-order valence-electron chi connectivity index (χ2n) is 4.74. The summed E-state index contributed by atoms with van der Waals surface area (Å²) in [5.74, 6) is 0. The first-order chi connectivity index (χ1) is 9.40. The summed E-state index contributed by atoms with van der Waals surface area (Å²) in [5.41, 5.74) is 0. The van der Waals surface area contributed by atoms with Crippen LogP contribution in [0, 0.1) is 0 Å². The van der Waals surface area contributed by atoms with Crippen molar-refractivity contribution >= 4 is 11.3 Å². The summed E-state index contributed by atoms with van der Waals surface area (Å²) in [4.78, 5) is 7.90. The molecule has 0 aliphatic carbocycles. The van der Waals surface area contributed by atoms with Crippen LogP contribution in [0.3, 0.4) is 0 Å². The molecule has 2 aromatic heterocycles. The number of hydrogen-bond acceptors (Lipinski definition) is 5. The highest BCUT2D eigenvalue weighted by Crippen LogP contribution is 2.12. The van der Waals surface area contributed by atoms with Crippen molar-refractivity contribution in [2.75, 3.05) is 26.2 Å². The van der Waals surface area contributed by atoms with Gasteiger partial charge in [0.2, 0.25) is 0 Å². The maximum absolute atomic E-state index is 5.79. The van der Waals surface area contributed by atoms with Crippen molar-refractivity contribution in [3.63, 3.8) is 0 Å². The fourth-order valence-corrected chi connectivity index (χ4v) is 3.05. The maximum Gasteiger partial charge on any atom is 0.137 e. The van der Waals surface area contributed by atoms with E-state index in [9.17, 15) is 0 Å². The van der Waals surface area contributed by atoms with Gasteiger partial charge >= 0.3 is 0 Å². The minimum Gasteiger partial charge on any atom is -0.374 e. The van der Waals surface area contributed by atoms with Gasteiger partial charge in [-0.2, -0.15) is 5.10 Å². The van der Waals surface area contributed by atoms with Crippen LogP contribution in [-0.4, -0.2) is 52.0 Å². The molecule has 3 heterocycles. The zero-order valence-corrected chi connectivity index (χ0v) is 11.6. The van der Waals surface area contributed by atoms with Gasteiger partial charge < -0.3 is 4.74 Å². The van der Waals surface area contributed by atoms with Gasteiger partial charge in [0.15, 0.2) is 0 Å². The topological polar surface area (TPSA) is 43.2 Å². The molecule has 102 valence electrons. The molecule has 1 atom stereocenters. The van der Waals surface area contributed by atoms with E-state index in [1.54, 1.807) is 12.7 Å². The van der Waals surface area contributed by atoms with Crippen molar-refractivity contribution in [1.82, 2.24) is 19.7 Å². The van der Waals surface area contributed by atoms with Crippen LogP contribution < -0.4 is 0 Å². The zero-order chi connectivity index (χ0) is 12.9. The van der Waals surface area contributed by atoms with Crippen molar-refractivity contribution in [1.29, 1.82) is 0 Å². The van der Waals surface area contributed by atoms with Gasteiger partial charge in [0.1, 0.15) is 12.7 Å². The zero-order valence-electron chi connectivity index (χ0n) is 10.8. The number of thiophene rings is 1. The van der Waals surface area contributed by atoms with Crippen LogP contribution in [0.2, 0.25) is 0 Å². The lowest BCUT2D eigenvalue weighted by Crippen LogP contribution is -2.44. The highest BCUT2D eigenvalue weighted by atomic mass is 32.1. The van der Waals surface area contributed by atoms with E-state index in [1.165, 1.54) is 4.88 Å². The second-order valence-corrected chi connectivity index (χ2v) is 5.77. The van der Waals surface area contributed by atoms with Crippen LogP contribution in [0.15, 0.2) is 30.2 Å². The summed E-state index contributed by atoms with van der Waals surface area (Å²) >= 11 is 1.84. The average Bonchev–Trinajstić information content (AvgIpc) is 3.10. The van der Waals surface area contributed by atoms with E-state index in [2.05, 4.69) is 32.5 Å². The monoisotopic (exact) mass is 278 g/mol. The number of aromatic nitrogens is 3. The van der Waals surface area contributed by atoms with E-state index in [0.717, 1.165) is 39.2 Å². The molecular formula is C13H18N4OS. The SMILES string of the molecule is c1csc(CCN2CCO[C@@H](Cn3cncn3)C2)c1. The van der Waals surface area contributed by atoms with Crippen molar-refractivity contribution in [2.24, 2.45) is 0 Å². The van der Waals surface area contributed by atoms with Gasteiger partial charge in [0.25, 0.3) is 0 Å². The lowest BCUT2D eigenvalue weighted by atomic mass is 10.2. The first kappa shape index (κ1) is 12.8. The third kappa shape index (κ3) is 3.62. The molecule has 2 aromatic rings. The highest BCUT2D eigenvalue weighted by molar-refractivity contribution is 7.09. The summed E-state index contributed by atoms with van der Waals surface area (Å²) in [6.45, 7) is 4.71. The van der Waals surface area contributed by atoms with Crippen LogP contribution >= 0.6 is 11.3 Å². The average molecular weight is 278 g/mol. The predicted molar refractivity (Wildman–Crippen MR) is 74.2 cm³/mol. The van der Waals surface area contributed by atoms with Gasteiger partial charge in [-0.15, -0.1) is 11.3 Å². The lowest BCUT2D eigenvalue weighted by molar-refractivity contribution is -0.0370. The summed E-state index contributed by atoms with van der Waals surface area (Å²) < 4.78 is 7.63. The summed E-state index contributed by atoms with van der Waals surface area (Å²) in [7, 11) is 0. The van der Waals surface area contributed by atoms with Gasteiger partial charge in [-0.3, -0.25) is 9.58 Å². The van der Waals surface area contributed by atoms with Crippen LogP contribution in [-0.2, 0) is 17.7 Å². The van der Waals surface area contributed by atoms with E-state index in [1.807, 2.05) is 16.0 Å². The van der Waals surface area contributed by atoms with Gasteiger partial charge in [0.05, 0.1) is 19.3 Å². The van der Waals surface area contributed by atoms with E-state index in [4.69, 9.17) is 4.74 Å². The molecule has 1 fully saturated rings. The molecule has 0 aromatic carbocycles. The Bertz CT molecular complexity index is 471. The highest BCUT2D eigenvalue weighted by Gasteiger charge is 2.20. The molecule has 19 heavy (non-hydrogen) atoms. The third-order valence-electron chi connectivity index (χ3n) is 3.33. The largest absolute Gasteiger partial charge is 0.374 e. The number of morpholine rings is 1. The molecule has 5 nitrogen and oxygen atoms in total. The smallest absolute Gasteiger partial charge is 0.137 e. The predicted octanol–water partition coefficient (Wildman–Crippen LogP) is 1.28. The minimum absolute atomic E-state index is 0.221. The first-order valence-electron chi connectivity index (χ1n) is 6.59. The van der Waals surface area contributed by atoms with Gasteiger partial charge in [-0.25, -0.2) is 4.98 Å². The number of rotatable bonds is 5. The molecular weight excluding hydrogens is 260 g/mol. The Morgan fingerprint density at radius 2 is 2.47 bits per heavy atom. The number of ether oxygens (including phenoxy) is 1. The van der Waals surface area contributed by atoms with Crippen LogP contribution in [0.25, 0.3) is 0 Å². The van der Waals surface area contributed by atoms with E-state index < -0.39 is 0 Å². The molecule has 0 spiro atoms. The Labute approximate surface area is 116 Å². The Balaban J connectivity index is 1.47. The third-order valence-corrected chi connectivity index (χ3v) is 4.27. The number of hydrogen-bond donors (Lipinski definition) is 0. The summed E-state index contributed by atoms with van der Waals surface area (Å²) in [5, 5.41) is 6.27. The van der Waals surface area contributed by atoms with Crippen molar-refractivity contribution in [3.8, 4) is 0 Å². The van der Waals surface area contributed by atoms with Crippen LogP contribution in [0.4, 0.5) is 0 Å². The van der Waals surface area contributed by atoms with Crippen LogP contribution in [0.1, 0.15) is 4.88 Å². The fourth-order valence-electron chi connectivity index (χ4n) is 2.35. The second kappa shape index (κ2) is 6.27. The molecule has 0 radical (unpaired) electrons. The molecule has 1 aliphatic heterocycles. The number of nitrogens with zero attached hydrogens (tertiary/aromatic N) is 4. The summed E-state index contributed by atoms with van der Waals surface area (Å²) in [6.07, 6.45) is 4.66. The molecule has 0 bridgehead atoms. The molecule has 1 aliphatic rings. The van der Waals surface area contributed by atoms with Crippen LogP contribution in [0.5, 0.6) is 0 Å². The molecule has 3 rings (SSSR count). The van der Waals surface area contributed by atoms with E-state index in [0.29, 0.717) is 0 Å². The van der Waals surface area contributed by atoms with Gasteiger partial charge in [-0.05, 0) is 17.9 Å². The van der Waals surface area contributed by atoms with Crippen molar-refractivity contribution in [2.45, 2.75) is 19.1 Å². The molecule has 0 amide bonds. The van der Waals surface area contributed by atoms with Gasteiger partial charge in [-0.1, -0.05) is 6.07 Å². The quantitative estimate of drug-likeness (QED) is 0.826. The lowest BCUT2D eigenvalue weighted by Gasteiger charge is -2.32. The molecule has 6 heteroatoms. The Morgan fingerprint density at radius 3 is 3.26 bits per heavy atom. The van der Waals surface area contributed by atoms with Crippen molar-refractivity contribution < 1.29 is 4.74 Å². The van der Waals surface area contributed by atoms with E-state index in [-0.39, 0.29) is 6.10 Å².